The Morgan fingerprint density at radius 1 is 1.60 bits per heavy atom. The van der Waals surface area contributed by atoms with Crippen LogP contribution in [0.4, 0.5) is 0 Å². The zero-order chi connectivity index (χ0) is 11.1. The molecule has 1 fully saturated rings. The topological polar surface area (TPSA) is 34.9 Å². The van der Waals surface area contributed by atoms with Gasteiger partial charge in [0.1, 0.15) is 11.5 Å². The van der Waals surface area contributed by atoms with Gasteiger partial charge >= 0.3 is 0 Å². The van der Waals surface area contributed by atoms with E-state index in [1.807, 2.05) is 13.1 Å². The van der Waals surface area contributed by atoms with Crippen molar-refractivity contribution in [3.05, 3.63) is 17.7 Å². The molecule has 1 aliphatic rings. The number of hydrogen-bond donors (Lipinski definition) is 0. The number of ketones is 1. The zero-order valence-electron chi connectivity index (χ0n) is 9.71. The maximum Gasteiger partial charge on any atom is 0.179 e. The highest BCUT2D eigenvalue weighted by atomic mass is 16.1. The first-order valence-corrected chi connectivity index (χ1v) is 5.55. The lowest BCUT2D eigenvalue weighted by Crippen LogP contribution is -2.30. The minimum absolute atomic E-state index is 0.0515. The second-order valence-electron chi connectivity index (χ2n) is 5.02. The van der Waals surface area contributed by atoms with Crippen LogP contribution in [0.3, 0.4) is 0 Å². The van der Waals surface area contributed by atoms with Crippen molar-refractivity contribution in [1.82, 2.24) is 9.55 Å². The van der Waals surface area contributed by atoms with E-state index in [2.05, 4.69) is 16.5 Å². The van der Waals surface area contributed by atoms with Gasteiger partial charge in [0.25, 0.3) is 0 Å². The van der Waals surface area contributed by atoms with E-state index in [-0.39, 0.29) is 5.78 Å². The first-order valence-electron chi connectivity index (χ1n) is 5.55. The molecule has 3 heteroatoms. The highest BCUT2D eigenvalue weighted by Gasteiger charge is 2.32. The van der Waals surface area contributed by atoms with Gasteiger partial charge in [0.2, 0.25) is 0 Å². The summed E-state index contributed by atoms with van der Waals surface area (Å²) in [6, 6.07) is 0. The van der Waals surface area contributed by atoms with Gasteiger partial charge in [-0.3, -0.25) is 4.79 Å². The van der Waals surface area contributed by atoms with E-state index in [4.69, 9.17) is 0 Å². The lowest BCUT2D eigenvalue weighted by Gasteiger charge is -2.38. The minimum atomic E-state index is 0.0515. The van der Waals surface area contributed by atoms with E-state index in [9.17, 15) is 4.79 Å². The van der Waals surface area contributed by atoms with Crippen molar-refractivity contribution in [2.45, 2.75) is 46.6 Å². The van der Waals surface area contributed by atoms with Gasteiger partial charge in [-0.05, 0) is 25.2 Å². The van der Waals surface area contributed by atoms with Crippen LogP contribution in [0, 0.1) is 12.3 Å². The Balaban J connectivity index is 2.17. The molecule has 82 valence electrons. The average molecular weight is 206 g/mol. The van der Waals surface area contributed by atoms with Crippen molar-refractivity contribution in [2.75, 3.05) is 0 Å². The maximum atomic E-state index is 11.2. The predicted molar refractivity (Wildman–Crippen MR) is 58.9 cm³/mol. The molecule has 3 nitrogen and oxygen atoms in total. The summed E-state index contributed by atoms with van der Waals surface area (Å²) in [6.45, 7) is 6.84. The Hall–Kier alpha value is -1.12. The Kier molecular flexibility index (Phi) is 2.41. The highest BCUT2D eigenvalue weighted by molar-refractivity contribution is 5.91. The predicted octanol–water partition coefficient (Wildman–Crippen LogP) is 2.58. The number of hydrogen-bond acceptors (Lipinski definition) is 2. The van der Waals surface area contributed by atoms with Crippen molar-refractivity contribution >= 4 is 5.78 Å². The van der Waals surface area contributed by atoms with Crippen molar-refractivity contribution in [3.63, 3.8) is 0 Å². The lowest BCUT2D eigenvalue weighted by atomic mass is 9.70. The number of carbonyl (C=O) groups is 1. The lowest BCUT2D eigenvalue weighted by molar-refractivity contribution is 0.101. The van der Waals surface area contributed by atoms with E-state index in [1.165, 1.54) is 19.3 Å². The fourth-order valence-corrected chi connectivity index (χ4v) is 2.19. The highest BCUT2D eigenvalue weighted by Crippen LogP contribution is 2.41. The SMILES string of the molecule is CC(=O)c1cn(CC2(C)CCC2)c(C)n1. The van der Waals surface area contributed by atoms with E-state index >= 15 is 0 Å². The number of Topliss-reactive ketones (excluding diaryl/α,β-unsaturated/α-hetero) is 1. The third-order valence-electron chi connectivity index (χ3n) is 3.45. The number of carbonyl (C=O) groups excluding carboxylic acids is 1. The molecular weight excluding hydrogens is 188 g/mol. The molecule has 0 aliphatic heterocycles. The normalized spacial score (nSPS) is 18.6. The molecule has 0 spiro atoms. The molecule has 1 aromatic rings. The van der Waals surface area contributed by atoms with Gasteiger partial charge in [-0.15, -0.1) is 0 Å². The van der Waals surface area contributed by atoms with E-state index in [0.29, 0.717) is 11.1 Å². The summed E-state index contributed by atoms with van der Waals surface area (Å²) in [7, 11) is 0. The molecule has 0 bridgehead atoms. The molecule has 0 atom stereocenters. The van der Waals surface area contributed by atoms with Crippen LogP contribution in [0.15, 0.2) is 6.20 Å². The Labute approximate surface area is 90.5 Å². The molecule has 0 N–H and O–H groups in total. The summed E-state index contributed by atoms with van der Waals surface area (Å²) in [5, 5.41) is 0. The van der Waals surface area contributed by atoms with Crippen LogP contribution in [0.25, 0.3) is 0 Å². The van der Waals surface area contributed by atoms with Crippen molar-refractivity contribution in [1.29, 1.82) is 0 Å². The van der Waals surface area contributed by atoms with Gasteiger partial charge in [-0.1, -0.05) is 13.3 Å². The standard InChI is InChI=1S/C12H18N2O/c1-9(15)11-7-14(10(2)13-11)8-12(3)5-4-6-12/h7H,4-6,8H2,1-3H3. The molecule has 0 aromatic carbocycles. The molecule has 2 rings (SSSR count). The minimum Gasteiger partial charge on any atom is -0.334 e. The molecule has 0 unspecified atom stereocenters. The van der Waals surface area contributed by atoms with E-state index in [1.54, 1.807) is 6.92 Å². The summed E-state index contributed by atoms with van der Waals surface area (Å²) in [5.41, 5.74) is 1.02. The number of imidazole rings is 1. The molecule has 15 heavy (non-hydrogen) atoms. The third-order valence-corrected chi connectivity index (χ3v) is 3.45. The van der Waals surface area contributed by atoms with Gasteiger partial charge < -0.3 is 4.57 Å². The molecule has 0 saturated heterocycles. The van der Waals surface area contributed by atoms with Crippen molar-refractivity contribution < 1.29 is 4.79 Å². The maximum absolute atomic E-state index is 11.2. The summed E-state index contributed by atoms with van der Waals surface area (Å²) < 4.78 is 2.12. The van der Waals surface area contributed by atoms with Crippen LogP contribution in [-0.2, 0) is 6.54 Å². The molecule has 1 saturated carbocycles. The van der Waals surface area contributed by atoms with Crippen LogP contribution in [0.1, 0.15) is 49.4 Å². The van der Waals surface area contributed by atoms with Gasteiger partial charge in [-0.2, -0.15) is 0 Å². The Morgan fingerprint density at radius 2 is 2.27 bits per heavy atom. The van der Waals surface area contributed by atoms with Crippen LogP contribution >= 0.6 is 0 Å². The van der Waals surface area contributed by atoms with Crippen molar-refractivity contribution in [2.24, 2.45) is 5.41 Å². The number of aromatic nitrogens is 2. The van der Waals surface area contributed by atoms with Gasteiger partial charge in [0.05, 0.1) is 0 Å². The molecule has 0 amide bonds. The second-order valence-corrected chi connectivity index (χ2v) is 5.02. The van der Waals surface area contributed by atoms with Crippen LogP contribution in [0.5, 0.6) is 0 Å². The van der Waals surface area contributed by atoms with Crippen LogP contribution < -0.4 is 0 Å². The summed E-state index contributed by atoms with van der Waals surface area (Å²) in [5.74, 6) is 1.00. The number of aryl methyl sites for hydroxylation is 1. The van der Waals surface area contributed by atoms with Crippen LogP contribution in [-0.4, -0.2) is 15.3 Å². The Morgan fingerprint density at radius 3 is 2.67 bits per heavy atom. The molecule has 1 aliphatic carbocycles. The summed E-state index contributed by atoms with van der Waals surface area (Å²) >= 11 is 0. The monoisotopic (exact) mass is 206 g/mol. The molecular formula is C12H18N2O. The second kappa shape index (κ2) is 3.47. The van der Waals surface area contributed by atoms with Gasteiger partial charge in [-0.25, -0.2) is 4.98 Å². The smallest absolute Gasteiger partial charge is 0.179 e. The largest absolute Gasteiger partial charge is 0.334 e. The average Bonchev–Trinajstić information content (AvgIpc) is 2.45. The fraction of sp³-hybridized carbons (Fsp3) is 0.667. The summed E-state index contributed by atoms with van der Waals surface area (Å²) in [4.78, 5) is 15.5. The van der Waals surface area contributed by atoms with Gasteiger partial charge in [0, 0.05) is 19.7 Å². The molecule has 1 aromatic heterocycles. The molecule has 1 heterocycles. The summed E-state index contributed by atoms with van der Waals surface area (Å²) in [6.07, 6.45) is 5.81. The van der Waals surface area contributed by atoms with Gasteiger partial charge in [0.15, 0.2) is 5.78 Å². The fourth-order valence-electron chi connectivity index (χ4n) is 2.19. The van der Waals surface area contributed by atoms with Crippen molar-refractivity contribution in [3.8, 4) is 0 Å². The van der Waals surface area contributed by atoms with E-state index < -0.39 is 0 Å². The first-order chi connectivity index (χ1) is 7.00. The number of rotatable bonds is 3. The zero-order valence-corrected chi connectivity index (χ0v) is 9.71. The first kappa shape index (κ1) is 10.4. The Bertz CT molecular complexity index is 388. The van der Waals surface area contributed by atoms with E-state index in [0.717, 1.165) is 12.4 Å². The molecule has 0 radical (unpaired) electrons. The number of nitrogens with zero attached hydrogens (tertiary/aromatic N) is 2. The third kappa shape index (κ3) is 1.96. The quantitative estimate of drug-likeness (QED) is 0.712. The van der Waals surface area contributed by atoms with Crippen LogP contribution in [0.2, 0.25) is 0 Å².